The van der Waals surface area contributed by atoms with Gasteiger partial charge in [-0.2, -0.15) is 0 Å². The van der Waals surface area contributed by atoms with Crippen molar-refractivity contribution in [3.05, 3.63) is 90.0 Å². The van der Waals surface area contributed by atoms with Gasteiger partial charge in [0.25, 0.3) is 10.0 Å². The molecule has 39 heavy (non-hydrogen) atoms. The minimum absolute atomic E-state index is 0.0331. The second kappa shape index (κ2) is 12.7. The Balaban J connectivity index is 2.04. The summed E-state index contributed by atoms with van der Waals surface area (Å²) in [6.45, 7) is 3.99. The van der Waals surface area contributed by atoms with Crippen molar-refractivity contribution in [1.29, 1.82) is 0 Å². The zero-order chi connectivity index (χ0) is 28.7. The van der Waals surface area contributed by atoms with Crippen LogP contribution < -0.4 is 14.4 Å². The maximum absolute atomic E-state index is 14.5. The zero-order valence-electron chi connectivity index (χ0n) is 22.1. The van der Waals surface area contributed by atoms with Gasteiger partial charge in [0.05, 0.1) is 17.7 Å². The Bertz CT molecular complexity index is 1400. The van der Waals surface area contributed by atoms with Gasteiger partial charge in [-0.3, -0.25) is 13.9 Å². The number of sulfonamides is 1. The molecule has 0 aromatic heterocycles. The lowest BCUT2D eigenvalue weighted by Crippen LogP contribution is -2.52. The smallest absolute Gasteiger partial charge is 0.264 e. The summed E-state index contributed by atoms with van der Waals surface area (Å²) in [5, 5.41) is 2.72. The number of methoxy groups -OCH3 is 1. The minimum Gasteiger partial charge on any atom is -0.497 e. The molecule has 3 rings (SSSR count). The molecule has 2 amide bonds. The van der Waals surface area contributed by atoms with Gasteiger partial charge >= 0.3 is 0 Å². The Morgan fingerprint density at radius 2 is 1.54 bits per heavy atom. The molecule has 0 saturated carbocycles. The number of hydrogen-bond acceptors (Lipinski definition) is 5. The van der Waals surface area contributed by atoms with E-state index in [1.54, 1.807) is 19.9 Å². The number of anilines is 1. The van der Waals surface area contributed by atoms with Gasteiger partial charge in [0.2, 0.25) is 11.8 Å². The molecule has 0 aliphatic carbocycles. The first-order valence-electron chi connectivity index (χ1n) is 12.2. The van der Waals surface area contributed by atoms with Crippen LogP contribution in [0, 0.1) is 11.6 Å². The maximum atomic E-state index is 14.5. The Morgan fingerprint density at radius 1 is 0.923 bits per heavy atom. The fraction of sp³-hybridized carbons (Fsp3) is 0.286. The summed E-state index contributed by atoms with van der Waals surface area (Å²) in [5.74, 6) is -1.98. The number of rotatable bonds is 11. The van der Waals surface area contributed by atoms with E-state index in [0.717, 1.165) is 21.3 Å². The fourth-order valence-corrected chi connectivity index (χ4v) is 5.22. The van der Waals surface area contributed by atoms with Gasteiger partial charge < -0.3 is 15.0 Å². The van der Waals surface area contributed by atoms with Crippen LogP contribution in [0.2, 0.25) is 0 Å². The number of carbonyl (C=O) groups excluding carboxylic acids is 2. The lowest BCUT2D eigenvalue weighted by molar-refractivity contribution is -0.139. The molecular formula is C28H31F2N3O5S. The molecule has 0 aliphatic rings. The quantitative estimate of drug-likeness (QED) is 0.382. The van der Waals surface area contributed by atoms with E-state index >= 15 is 0 Å². The summed E-state index contributed by atoms with van der Waals surface area (Å²) in [4.78, 5) is 27.6. The monoisotopic (exact) mass is 559 g/mol. The second-order valence-corrected chi connectivity index (χ2v) is 11.0. The highest BCUT2D eigenvalue weighted by Gasteiger charge is 2.33. The summed E-state index contributed by atoms with van der Waals surface area (Å²) < 4.78 is 61.6. The third-order valence-electron chi connectivity index (χ3n) is 5.94. The molecule has 0 heterocycles. The molecule has 8 nitrogen and oxygen atoms in total. The average molecular weight is 560 g/mol. The topological polar surface area (TPSA) is 96.0 Å². The highest BCUT2D eigenvalue weighted by molar-refractivity contribution is 7.92. The predicted molar refractivity (Wildman–Crippen MR) is 144 cm³/mol. The Morgan fingerprint density at radius 3 is 2.10 bits per heavy atom. The average Bonchev–Trinajstić information content (AvgIpc) is 2.91. The van der Waals surface area contributed by atoms with Crippen molar-refractivity contribution in [3.63, 3.8) is 0 Å². The summed E-state index contributed by atoms with van der Waals surface area (Å²) in [7, 11) is -2.90. The molecule has 1 N–H and O–H groups in total. The van der Waals surface area contributed by atoms with Crippen LogP contribution in [-0.2, 0) is 26.2 Å². The van der Waals surface area contributed by atoms with Crippen LogP contribution in [0.3, 0.4) is 0 Å². The molecule has 3 aromatic rings. The highest BCUT2D eigenvalue weighted by atomic mass is 32.2. The third-order valence-corrected chi connectivity index (χ3v) is 7.73. The van der Waals surface area contributed by atoms with Crippen LogP contribution in [0.25, 0.3) is 0 Å². The van der Waals surface area contributed by atoms with Crippen molar-refractivity contribution < 1.29 is 31.5 Å². The van der Waals surface area contributed by atoms with Gasteiger partial charge in [-0.05, 0) is 75.4 Å². The summed E-state index contributed by atoms with van der Waals surface area (Å²) in [6, 6.07) is 14.7. The molecular weight excluding hydrogens is 528 g/mol. The fourth-order valence-electron chi connectivity index (χ4n) is 3.81. The van der Waals surface area contributed by atoms with E-state index in [0.29, 0.717) is 5.75 Å². The van der Waals surface area contributed by atoms with Crippen molar-refractivity contribution in [2.45, 2.75) is 44.3 Å². The van der Waals surface area contributed by atoms with Gasteiger partial charge in [0, 0.05) is 18.2 Å². The van der Waals surface area contributed by atoms with Gasteiger partial charge in [-0.25, -0.2) is 17.2 Å². The van der Waals surface area contributed by atoms with Crippen LogP contribution in [0.4, 0.5) is 14.5 Å². The number of nitrogens with one attached hydrogen (secondary N) is 1. The summed E-state index contributed by atoms with van der Waals surface area (Å²) in [6.07, 6.45) is 0. The third kappa shape index (κ3) is 7.32. The van der Waals surface area contributed by atoms with E-state index in [1.165, 1.54) is 68.6 Å². The number of halogens is 2. The molecule has 0 spiro atoms. The Labute approximate surface area is 227 Å². The second-order valence-electron chi connectivity index (χ2n) is 9.12. The van der Waals surface area contributed by atoms with E-state index in [9.17, 15) is 26.8 Å². The van der Waals surface area contributed by atoms with E-state index in [-0.39, 0.29) is 28.7 Å². The Hall–Kier alpha value is -3.99. The largest absolute Gasteiger partial charge is 0.497 e. The number of ether oxygens (including phenoxy) is 1. The lowest BCUT2D eigenvalue weighted by Gasteiger charge is -2.32. The number of carbonyl (C=O) groups is 2. The van der Waals surface area contributed by atoms with Gasteiger partial charge in [0.15, 0.2) is 0 Å². The van der Waals surface area contributed by atoms with E-state index in [4.69, 9.17) is 4.74 Å². The van der Waals surface area contributed by atoms with Crippen LogP contribution in [0.1, 0.15) is 26.3 Å². The first kappa shape index (κ1) is 29.6. The van der Waals surface area contributed by atoms with Crippen molar-refractivity contribution in [3.8, 4) is 5.75 Å². The van der Waals surface area contributed by atoms with E-state index in [2.05, 4.69) is 5.32 Å². The molecule has 208 valence electrons. The summed E-state index contributed by atoms with van der Waals surface area (Å²) in [5.41, 5.74) is 0.187. The zero-order valence-corrected chi connectivity index (χ0v) is 22.9. The van der Waals surface area contributed by atoms with Crippen molar-refractivity contribution in [2.24, 2.45) is 0 Å². The molecule has 1 atom stereocenters. The van der Waals surface area contributed by atoms with Crippen LogP contribution >= 0.6 is 0 Å². The number of amides is 2. The van der Waals surface area contributed by atoms with Crippen LogP contribution in [-0.4, -0.2) is 50.9 Å². The molecule has 0 aliphatic heterocycles. The van der Waals surface area contributed by atoms with Crippen molar-refractivity contribution in [1.82, 2.24) is 10.2 Å². The Kier molecular flexibility index (Phi) is 9.63. The normalized spacial score (nSPS) is 12.1. The summed E-state index contributed by atoms with van der Waals surface area (Å²) >= 11 is 0. The lowest BCUT2D eigenvalue weighted by atomic mass is 10.1. The van der Waals surface area contributed by atoms with Crippen molar-refractivity contribution >= 4 is 27.5 Å². The van der Waals surface area contributed by atoms with Crippen LogP contribution in [0.15, 0.2) is 77.7 Å². The van der Waals surface area contributed by atoms with Crippen LogP contribution in [0.5, 0.6) is 5.75 Å². The molecule has 11 heteroatoms. The molecule has 0 fully saturated rings. The number of hydrogen-bond donors (Lipinski definition) is 1. The molecule has 0 saturated heterocycles. The maximum Gasteiger partial charge on any atom is 0.264 e. The van der Waals surface area contributed by atoms with Gasteiger partial charge in [-0.1, -0.05) is 18.2 Å². The highest BCUT2D eigenvalue weighted by Crippen LogP contribution is 2.26. The first-order chi connectivity index (χ1) is 18.4. The molecule has 0 bridgehead atoms. The number of benzene rings is 3. The number of nitrogens with zero attached hydrogens (tertiary/aromatic N) is 2. The van der Waals surface area contributed by atoms with E-state index in [1.807, 2.05) is 0 Å². The first-order valence-corrected chi connectivity index (χ1v) is 13.6. The molecule has 0 unspecified atom stereocenters. The molecule has 0 radical (unpaired) electrons. The predicted octanol–water partition coefficient (Wildman–Crippen LogP) is 4.11. The van der Waals surface area contributed by atoms with E-state index < -0.39 is 46.1 Å². The van der Waals surface area contributed by atoms with Gasteiger partial charge in [0.1, 0.15) is 30.0 Å². The minimum atomic E-state index is -4.33. The van der Waals surface area contributed by atoms with Crippen molar-refractivity contribution in [2.75, 3.05) is 18.0 Å². The molecule has 3 aromatic carbocycles. The van der Waals surface area contributed by atoms with Gasteiger partial charge in [-0.15, -0.1) is 0 Å². The SMILES string of the molecule is COc1ccc(S(=O)(=O)N(CC(=O)N(Cc2ccccc2F)[C@@H](C)C(=O)NC(C)C)c2ccc(F)cc2)cc1. The standard InChI is InChI=1S/C28H31F2N3O5S/c1-19(2)31-28(35)20(3)32(17-21-7-5-6-8-26(21)30)27(34)18-33(23-11-9-22(29)10-12-23)39(36,37)25-15-13-24(38-4)14-16-25/h5-16,19-20H,17-18H2,1-4H3,(H,31,35)/t20-/m0/s1.